The van der Waals surface area contributed by atoms with Crippen LogP contribution < -0.4 is 10.1 Å². The first-order chi connectivity index (χ1) is 12.7. The Kier molecular flexibility index (Phi) is 5.57. The average Bonchev–Trinajstić information content (AvgIpc) is 3.17. The zero-order valence-corrected chi connectivity index (χ0v) is 14.8. The molecule has 0 atom stereocenters. The van der Waals surface area contributed by atoms with Crippen molar-refractivity contribution in [2.75, 3.05) is 11.9 Å². The van der Waals surface area contributed by atoms with Crippen molar-refractivity contribution in [3.05, 3.63) is 65.4 Å². The number of aromatic amines is 1. The van der Waals surface area contributed by atoms with Crippen molar-refractivity contribution >= 4 is 23.2 Å². The van der Waals surface area contributed by atoms with Gasteiger partial charge in [0.05, 0.1) is 12.3 Å². The maximum atomic E-state index is 12.2. The normalized spacial score (nSPS) is 9.92. The summed E-state index contributed by atoms with van der Waals surface area (Å²) in [6.45, 7) is 2.37. The second-order valence-electron chi connectivity index (χ2n) is 5.29. The summed E-state index contributed by atoms with van der Waals surface area (Å²) in [6.07, 6.45) is 3.41. The number of ether oxygens (including phenoxy) is 1. The van der Waals surface area contributed by atoms with Crippen molar-refractivity contribution < 1.29 is 9.53 Å². The van der Waals surface area contributed by atoms with E-state index in [-0.39, 0.29) is 0 Å². The fourth-order valence-corrected chi connectivity index (χ4v) is 2.42. The number of carbonyl (C=O) groups excluding carboxylic acids is 1. The van der Waals surface area contributed by atoms with Crippen LogP contribution in [0, 0.1) is 11.8 Å². The topological polar surface area (TPSA) is 67.0 Å². The number of nitrogens with zero attached hydrogens (tertiary/aromatic N) is 1. The van der Waals surface area contributed by atoms with Gasteiger partial charge < -0.3 is 15.0 Å². The number of hydrogen-bond donors (Lipinski definition) is 2. The number of imidazole rings is 1. The van der Waals surface area contributed by atoms with E-state index >= 15 is 0 Å². The molecule has 0 saturated heterocycles. The van der Waals surface area contributed by atoms with Gasteiger partial charge in [-0.15, -0.1) is 0 Å². The zero-order valence-electron chi connectivity index (χ0n) is 14.0. The molecule has 0 aliphatic carbocycles. The van der Waals surface area contributed by atoms with E-state index in [0.29, 0.717) is 34.5 Å². The van der Waals surface area contributed by atoms with E-state index in [1.165, 1.54) is 0 Å². The predicted molar refractivity (Wildman–Crippen MR) is 102 cm³/mol. The molecule has 1 heterocycles. The van der Waals surface area contributed by atoms with E-state index in [1.54, 1.807) is 48.8 Å². The number of H-pyrrole nitrogens is 1. The molecule has 0 radical (unpaired) electrons. The van der Waals surface area contributed by atoms with Crippen LogP contribution in [0.15, 0.2) is 54.9 Å². The number of benzene rings is 2. The van der Waals surface area contributed by atoms with Crippen LogP contribution in [0.3, 0.4) is 0 Å². The Balaban J connectivity index is 1.82. The van der Waals surface area contributed by atoms with Gasteiger partial charge in [0.2, 0.25) is 0 Å². The van der Waals surface area contributed by atoms with Crippen LogP contribution in [-0.4, -0.2) is 22.5 Å². The van der Waals surface area contributed by atoms with Crippen LogP contribution in [0.1, 0.15) is 12.5 Å². The maximum Gasteiger partial charge on any atom is 0.300 e. The summed E-state index contributed by atoms with van der Waals surface area (Å²) < 4.78 is 5.58. The zero-order chi connectivity index (χ0) is 18.4. The van der Waals surface area contributed by atoms with Crippen molar-refractivity contribution in [1.82, 2.24) is 9.97 Å². The van der Waals surface area contributed by atoms with Gasteiger partial charge in [0, 0.05) is 34.5 Å². The Morgan fingerprint density at radius 2 is 2.08 bits per heavy atom. The molecule has 3 rings (SSSR count). The van der Waals surface area contributed by atoms with Gasteiger partial charge in [-0.05, 0) is 49.4 Å². The summed E-state index contributed by atoms with van der Waals surface area (Å²) in [4.78, 5) is 19.5. The molecule has 2 N–H and O–H groups in total. The molecular formula is C20H16ClN3O2. The number of nitrogens with one attached hydrogen (secondary N) is 2. The summed E-state index contributed by atoms with van der Waals surface area (Å²) >= 11 is 5.84. The SMILES string of the molecule is CCOc1ccc(-c2ncc[nH]2)cc1NC(=O)C#Cc1ccc(Cl)cc1. The van der Waals surface area contributed by atoms with Gasteiger partial charge in [0.1, 0.15) is 11.6 Å². The van der Waals surface area contributed by atoms with Crippen LogP contribution >= 0.6 is 11.6 Å². The summed E-state index contributed by atoms with van der Waals surface area (Å²) in [7, 11) is 0. The highest BCUT2D eigenvalue weighted by molar-refractivity contribution is 6.30. The highest BCUT2D eigenvalue weighted by Gasteiger charge is 2.10. The van der Waals surface area contributed by atoms with Gasteiger partial charge in [-0.2, -0.15) is 0 Å². The van der Waals surface area contributed by atoms with E-state index in [4.69, 9.17) is 16.3 Å². The first-order valence-corrected chi connectivity index (χ1v) is 8.38. The van der Waals surface area contributed by atoms with Crippen molar-refractivity contribution in [1.29, 1.82) is 0 Å². The Morgan fingerprint density at radius 3 is 2.77 bits per heavy atom. The molecule has 0 fully saturated rings. The molecule has 0 saturated carbocycles. The van der Waals surface area contributed by atoms with Crippen LogP contribution in [0.5, 0.6) is 5.75 Å². The minimum absolute atomic E-state index is 0.433. The number of hydrogen-bond acceptors (Lipinski definition) is 3. The van der Waals surface area contributed by atoms with Crippen LogP contribution in [0.2, 0.25) is 5.02 Å². The lowest BCUT2D eigenvalue weighted by Crippen LogP contribution is -2.10. The Morgan fingerprint density at radius 1 is 1.27 bits per heavy atom. The molecule has 0 bridgehead atoms. The standard InChI is InChI=1S/C20H16ClN3O2/c1-2-26-18-9-6-15(20-22-11-12-23-20)13-17(18)24-19(25)10-5-14-3-7-16(21)8-4-14/h3-4,6-9,11-13H,2H2,1H3,(H,22,23)(H,24,25). The van der Waals surface area contributed by atoms with Gasteiger partial charge in [-0.3, -0.25) is 4.79 Å². The molecule has 0 aliphatic rings. The quantitative estimate of drug-likeness (QED) is 0.683. The van der Waals surface area contributed by atoms with E-state index in [9.17, 15) is 4.79 Å². The average molecular weight is 366 g/mol. The lowest BCUT2D eigenvalue weighted by atomic mass is 10.1. The molecule has 130 valence electrons. The molecule has 0 spiro atoms. The summed E-state index contributed by atoms with van der Waals surface area (Å²) in [6, 6.07) is 12.4. The van der Waals surface area contributed by atoms with Gasteiger partial charge in [0.25, 0.3) is 0 Å². The van der Waals surface area contributed by atoms with Crippen LogP contribution in [0.25, 0.3) is 11.4 Å². The minimum Gasteiger partial charge on any atom is -0.492 e. The molecule has 1 amide bonds. The van der Waals surface area contributed by atoms with Crippen molar-refractivity contribution in [3.8, 4) is 29.0 Å². The molecule has 0 aliphatic heterocycles. The van der Waals surface area contributed by atoms with E-state index in [0.717, 1.165) is 5.56 Å². The lowest BCUT2D eigenvalue weighted by molar-refractivity contribution is -0.111. The number of anilines is 1. The smallest absolute Gasteiger partial charge is 0.300 e. The Bertz CT molecular complexity index is 955. The molecule has 5 nitrogen and oxygen atoms in total. The summed E-state index contributed by atoms with van der Waals surface area (Å²) in [5.41, 5.74) is 2.08. The summed E-state index contributed by atoms with van der Waals surface area (Å²) in [5, 5.41) is 3.40. The van der Waals surface area contributed by atoms with E-state index in [2.05, 4.69) is 27.1 Å². The molecule has 3 aromatic rings. The highest BCUT2D eigenvalue weighted by Crippen LogP contribution is 2.29. The molecule has 2 aromatic carbocycles. The molecule has 6 heteroatoms. The number of rotatable bonds is 4. The molecular weight excluding hydrogens is 350 g/mol. The molecule has 26 heavy (non-hydrogen) atoms. The third-order valence-corrected chi connectivity index (χ3v) is 3.72. The van der Waals surface area contributed by atoms with Gasteiger partial charge in [-0.25, -0.2) is 4.98 Å². The first kappa shape index (κ1) is 17.6. The predicted octanol–water partition coefficient (Wildman–Crippen LogP) is 4.12. The van der Waals surface area contributed by atoms with Gasteiger partial charge in [0.15, 0.2) is 0 Å². The lowest BCUT2D eigenvalue weighted by Gasteiger charge is -2.11. The van der Waals surface area contributed by atoms with Gasteiger partial charge in [-0.1, -0.05) is 17.5 Å². The number of aromatic nitrogens is 2. The van der Waals surface area contributed by atoms with E-state index in [1.807, 2.05) is 13.0 Å². The number of halogens is 1. The largest absolute Gasteiger partial charge is 0.492 e. The highest BCUT2D eigenvalue weighted by atomic mass is 35.5. The Labute approximate surface area is 156 Å². The summed E-state index contributed by atoms with van der Waals surface area (Å²) in [5.74, 6) is 6.22. The third kappa shape index (κ3) is 4.44. The third-order valence-electron chi connectivity index (χ3n) is 3.46. The monoisotopic (exact) mass is 365 g/mol. The molecule has 0 unspecified atom stereocenters. The fourth-order valence-electron chi connectivity index (χ4n) is 2.30. The van der Waals surface area contributed by atoms with Crippen LogP contribution in [0.4, 0.5) is 5.69 Å². The van der Waals surface area contributed by atoms with Crippen LogP contribution in [-0.2, 0) is 4.79 Å². The minimum atomic E-state index is -0.433. The maximum absolute atomic E-state index is 12.2. The molecule has 1 aromatic heterocycles. The fraction of sp³-hybridized carbons (Fsp3) is 0.100. The second-order valence-corrected chi connectivity index (χ2v) is 5.73. The van der Waals surface area contributed by atoms with Gasteiger partial charge >= 0.3 is 5.91 Å². The second kappa shape index (κ2) is 8.24. The van der Waals surface area contributed by atoms with Crippen molar-refractivity contribution in [3.63, 3.8) is 0 Å². The van der Waals surface area contributed by atoms with E-state index < -0.39 is 5.91 Å². The number of carbonyl (C=O) groups is 1. The van der Waals surface area contributed by atoms with Crippen molar-refractivity contribution in [2.24, 2.45) is 0 Å². The first-order valence-electron chi connectivity index (χ1n) is 8.01. The Hall–Kier alpha value is -3.23. The number of amides is 1. The van der Waals surface area contributed by atoms with Crippen molar-refractivity contribution in [2.45, 2.75) is 6.92 Å².